The molecule has 65 valence electrons. The van der Waals surface area contributed by atoms with Crippen LogP contribution in [0.15, 0.2) is 0 Å². The van der Waals surface area contributed by atoms with Crippen LogP contribution in [0.4, 0.5) is 8.78 Å². The first-order chi connectivity index (χ1) is 5.14. The number of hydrogen-bond acceptors (Lipinski definition) is 0. The molecular formula is C9H15F2. The lowest BCUT2D eigenvalue weighted by molar-refractivity contribution is -0.00360. The van der Waals surface area contributed by atoms with Crippen LogP contribution in [-0.2, 0) is 0 Å². The number of alkyl halides is 2. The van der Waals surface area contributed by atoms with Crippen molar-refractivity contribution in [3.63, 3.8) is 0 Å². The molecule has 0 aromatic rings. The predicted molar refractivity (Wildman–Crippen MR) is 41.5 cm³/mol. The lowest BCUT2D eigenvalue weighted by atomic mass is 9.84. The van der Waals surface area contributed by atoms with E-state index in [0.717, 1.165) is 19.3 Å². The Labute approximate surface area is 67.0 Å². The minimum Gasteiger partial charge on any atom is -0.207 e. The summed E-state index contributed by atoms with van der Waals surface area (Å²) in [4.78, 5) is 0. The Balaban J connectivity index is 2.34. The molecule has 0 aliphatic heterocycles. The SMILES string of the molecule is CCCC1[CH]C(F)(F)CCC1. The van der Waals surface area contributed by atoms with Gasteiger partial charge in [0, 0.05) is 12.8 Å². The van der Waals surface area contributed by atoms with Crippen LogP contribution in [0.25, 0.3) is 0 Å². The molecule has 1 rings (SSSR count). The van der Waals surface area contributed by atoms with Crippen LogP contribution in [0.5, 0.6) is 0 Å². The molecule has 1 atom stereocenters. The summed E-state index contributed by atoms with van der Waals surface area (Å²) in [6, 6.07) is 0. The van der Waals surface area contributed by atoms with Crippen LogP contribution >= 0.6 is 0 Å². The van der Waals surface area contributed by atoms with Crippen molar-refractivity contribution < 1.29 is 8.78 Å². The van der Waals surface area contributed by atoms with Crippen molar-refractivity contribution in [2.75, 3.05) is 0 Å². The van der Waals surface area contributed by atoms with Gasteiger partial charge in [-0.15, -0.1) is 0 Å². The van der Waals surface area contributed by atoms with Gasteiger partial charge in [-0.3, -0.25) is 0 Å². The third-order valence-corrected chi connectivity index (χ3v) is 2.22. The molecule has 0 nitrogen and oxygen atoms in total. The quantitative estimate of drug-likeness (QED) is 0.582. The highest BCUT2D eigenvalue weighted by atomic mass is 19.3. The Kier molecular flexibility index (Phi) is 2.85. The first-order valence-electron chi connectivity index (χ1n) is 4.38. The number of hydrogen-bond donors (Lipinski definition) is 0. The molecule has 0 spiro atoms. The van der Waals surface area contributed by atoms with Crippen molar-refractivity contribution in [2.45, 2.75) is 45.0 Å². The van der Waals surface area contributed by atoms with E-state index in [-0.39, 0.29) is 12.3 Å². The Bertz CT molecular complexity index is 119. The highest BCUT2D eigenvalue weighted by molar-refractivity contribution is 4.93. The molecule has 11 heavy (non-hydrogen) atoms. The minimum absolute atomic E-state index is 0.0627. The van der Waals surface area contributed by atoms with E-state index in [9.17, 15) is 8.78 Å². The maximum atomic E-state index is 12.7. The Morgan fingerprint density at radius 3 is 2.82 bits per heavy atom. The molecule has 1 fully saturated rings. The highest BCUT2D eigenvalue weighted by Crippen LogP contribution is 2.37. The van der Waals surface area contributed by atoms with Gasteiger partial charge in [0.05, 0.1) is 0 Å². The molecule has 1 aliphatic rings. The number of rotatable bonds is 2. The summed E-state index contributed by atoms with van der Waals surface area (Å²) < 4.78 is 25.4. The molecule has 0 saturated heterocycles. The van der Waals surface area contributed by atoms with Crippen LogP contribution in [0.1, 0.15) is 39.0 Å². The summed E-state index contributed by atoms with van der Waals surface area (Å²) in [6.07, 6.45) is 4.90. The maximum Gasteiger partial charge on any atom is 0.251 e. The van der Waals surface area contributed by atoms with Gasteiger partial charge in [-0.2, -0.15) is 0 Å². The van der Waals surface area contributed by atoms with Gasteiger partial charge < -0.3 is 0 Å². The lowest BCUT2D eigenvalue weighted by Gasteiger charge is -2.27. The second-order valence-electron chi connectivity index (χ2n) is 3.37. The summed E-state index contributed by atoms with van der Waals surface area (Å²) >= 11 is 0. The summed E-state index contributed by atoms with van der Waals surface area (Å²) in [5, 5.41) is 0. The van der Waals surface area contributed by atoms with Crippen molar-refractivity contribution in [1.29, 1.82) is 0 Å². The van der Waals surface area contributed by atoms with Gasteiger partial charge in [0.2, 0.25) is 0 Å². The van der Waals surface area contributed by atoms with Crippen molar-refractivity contribution in [3.8, 4) is 0 Å². The fourth-order valence-electron chi connectivity index (χ4n) is 1.71. The third kappa shape index (κ3) is 2.76. The van der Waals surface area contributed by atoms with Crippen molar-refractivity contribution in [1.82, 2.24) is 0 Å². The third-order valence-electron chi connectivity index (χ3n) is 2.22. The van der Waals surface area contributed by atoms with E-state index < -0.39 is 5.92 Å². The normalized spacial score (nSPS) is 30.3. The zero-order chi connectivity index (χ0) is 8.32. The molecule has 0 bridgehead atoms. The van der Waals surface area contributed by atoms with Crippen LogP contribution in [-0.4, -0.2) is 5.92 Å². The smallest absolute Gasteiger partial charge is 0.207 e. The van der Waals surface area contributed by atoms with E-state index in [1.165, 1.54) is 6.42 Å². The molecule has 2 heteroatoms. The fourth-order valence-corrected chi connectivity index (χ4v) is 1.71. The second-order valence-corrected chi connectivity index (χ2v) is 3.37. The van der Waals surface area contributed by atoms with Gasteiger partial charge in [0.1, 0.15) is 0 Å². The molecule has 0 aromatic heterocycles. The van der Waals surface area contributed by atoms with Gasteiger partial charge in [0.25, 0.3) is 5.92 Å². The Morgan fingerprint density at radius 2 is 2.27 bits per heavy atom. The molecule has 1 unspecified atom stereocenters. The van der Waals surface area contributed by atoms with Crippen molar-refractivity contribution in [2.24, 2.45) is 5.92 Å². The van der Waals surface area contributed by atoms with E-state index >= 15 is 0 Å². The van der Waals surface area contributed by atoms with Crippen LogP contribution < -0.4 is 0 Å². The van der Waals surface area contributed by atoms with E-state index in [0.29, 0.717) is 6.42 Å². The predicted octanol–water partition coefficient (Wildman–Crippen LogP) is 3.43. The van der Waals surface area contributed by atoms with Gasteiger partial charge >= 0.3 is 0 Å². The first-order valence-corrected chi connectivity index (χ1v) is 4.38. The monoisotopic (exact) mass is 161 g/mol. The fraction of sp³-hybridized carbons (Fsp3) is 0.889. The molecule has 0 N–H and O–H groups in total. The van der Waals surface area contributed by atoms with E-state index in [2.05, 4.69) is 0 Å². The molecule has 1 radical (unpaired) electrons. The van der Waals surface area contributed by atoms with Crippen LogP contribution in [0.2, 0.25) is 0 Å². The molecule has 0 heterocycles. The highest BCUT2D eigenvalue weighted by Gasteiger charge is 2.35. The summed E-state index contributed by atoms with van der Waals surface area (Å²) in [5.74, 6) is -2.30. The lowest BCUT2D eigenvalue weighted by Crippen LogP contribution is -2.26. The van der Waals surface area contributed by atoms with Crippen LogP contribution in [0.3, 0.4) is 0 Å². The minimum atomic E-state index is -2.47. The average Bonchev–Trinajstić information content (AvgIpc) is 1.85. The molecular weight excluding hydrogens is 146 g/mol. The van der Waals surface area contributed by atoms with Gasteiger partial charge in [-0.25, -0.2) is 8.78 Å². The van der Waals surface area contributed by atoms with E-state index in [1.807, 2.05) is 6.92 Å². The zero-order valence-electron chi connectivity index (χ0n) is 6.95. The second kappa shape index (κ2) is 3.51. The van der Waals surface area contributed by atoms with E-state index in [4.69, 9.17) is 0 Å². The topological polar surface area (TPSA) is 0 Å². The molecule has 0 amide bonds. The van der Waals surface area contributed by atoms with Gasteiger partial charge in [-0.1, -0.05) is 19.8 Å². The maximum absolute atomic E-state index is 12.7. The molecule has 1 saturated carbocycles. The van der Waals surface area contributed by atoms with Gasteiger partial charge in [-0.05, 0) is 18.8 Å². The summed E-state index contributed by atoms with van der Waals surface area (Å²) in [7, 11) is 0. The van der Waals surface area contributed by atoms with Gasteiger partial charge in [0.15, 0.2) is 0 Å². The van der Waals surface area contributed by atoms with E-state index in [1.54, 1.807) is 0 Å². The average molecular weight is 161 g/mol. The van der Waals surface area contributed by atoms with Crippen LogP contribution in [0, 0.1) is 12.3 Å². The standard InChI is InChI=1S/C9H15F2/c1-2-4-8-5-3-6-9(10,11)7-8/h7-8H,2-6H2,1H3. The van der Waals surface area contributed by atoms with Crippen molar-refractivity contribution in [3.05, 3.63) is 6.42 Å². The first kappa shape index (κ1) is 8.95. The van der Waals surface area contributed by atoms with Crippen molar-refractivity contribution >= 4 is 0 Å². The molecule has 1 aliphatic carbocycles. The zero-order valence-corrected chi connectivity index (χ0v) is 6.95. The Hall–Kier alpha value is -0.140. The largest absolute Gasteiger partial charge is 0.251 e. The summed E-state index contributed by atoms with van der Waals surface area (Å²) in [5.41, 5.74) is 0. The molecule has 0 aromatic carbocycles. The summed E-state index contributed by atoms with van der Waals surface area (Å²) in [6.45, 7) is 2.04. The number of halogens is 2. The Morgan fingerprint density at radius 1 is 1.55 bits per heavy atom.